The molecule has 1 aromatic heterocycles. The van der Waals surface area contributed by atoms with Gasteiger partial charge in [-0.2, -0.15) is 12.7 Å². The average Bonchev–Trinajstić information content (AvgIpc) is 3.07. The van der Waals surface area contributed by atoms with Gasteiger partial charge in [-0.1, -0.05) is 32.0 Å². The summed E-state index contributed by atoms with van der Waals surface area (Å²) >= 11 is 0. The first-order chi connectivity index (χ1) is 19.6. The maximum absolute atomic E-state index is 13.3. The van der Waals surface area contributed by atoms with Crippen molar-refractivity contribution in [2.75, 3.05) is 26.2 Å². The van der Waals surface area contributed by atoms with Crippen molar-refractivity contribution in [3.8, 4) is 11.1 Å². The van der Waals surface area contributed by atoms with Gasteiger partial charge in [-0.3, -0.25) is 9.59 Å². The van der Waals surface area contributed by atoms with Crippen LogP contribution in [0.4, 0.5) is 5.69 Å². The first kappa shape index (κ1) is 28.7. The molecule has 11 heteroatoms. The van der Waals surface area contributed by atoms with Gasteiger partial charge in [0, 0.05) is 67.8 Å². The lowest BCUT2D eigenvalue weighted by molar-refractivity contribution is -0.127. The Morgan fingerprint density at radius 3 is 2.41 bits per heavy atom. The molecule has 0 atom stereocenters. The summed E-state index contributed by atoms with van der Waals surface area (Å²) in [7, 11) is -3.68. The quantitative estimate of drug-likeness (QED) is 0.402. The van der Waals surface area contributed by atoms with E-state index >= 15 is 0 Å². The van der Waals surface area contributed by atoms with E-state index in [1.165, 1.54) is 4.31 Å². The zero-order valence-electron chi connectivity index (χ0n) is 23.4. The van der Waals surface area contributed by atoms with Gasteiger partial charge in [-0.15, -0.1) is 0 Å². The number of benzene rings is 2. The number of hydrogen-bond donors (Lipinski definition) is 2. The smallest absolute Gasteiger partial charge is 0.276 e. The molecule has 41 heavy (non-hydrogen) atoms. The van der Waals surface area contributed by atoms with E-state index in [0.717, 1.165) is 34.9 Å². The van der Waals surface area contributed by atoms with E-state index in [-0.39, 0.29) is 17.4 Å². The van der Waals surface area contributed by atoms with Crippen LogP contribution in [-0.4, -0.2) is 60.1 Å². The summed E-state index contributed by atoms with van der Waals surface area (Å²) in [4.78, 5) is 32.9. The second kappa shape index (κ2) is 11.6. The molecule has 3 heterocycles. The molecular weight excluding hydrogens is 540 g/mol. The summed E-state index contributed by atoms with van der Waals surface area (Å²) in [6.45, 7) is 6.60. The van der Waals surface area contributed by atoms with Crippen molar-refractivity contribution in [1.82, 2.24) is 13.8 Å². The highest BCUT2D eigenvalue weighted by Gasteiger charge is 2.34. The van der Waals surface area contributed by atoms with E-state index in [1.54, 1.807) is 10.8 Å². The summed E-state index contributed by atoms with van der Waals surface area (Å²) < 4.78 is 25.7. The van der Waals surface area contributed by atoms with E-state index < -0.39 is 10.2 Å². The molecule has 0 bridgehead atoms. The van der Waals surface area contributed by atoms with Crippen molar-refractivity contribution in [3.05, 3.63) is 70.2 Å². The van der Waals surface area contributed by atoms with Crippen LogP contribution in [0, 0.1) is 5.92 Å². The fourth-order valence-corrected chi connectivity index (χ4v) is 6.34. The number of fused-ring (bicyclic) bond motifs is 2. The predicted octanol–water partition coefficient (Wildman–Crippen LogP) is 3.23. The molecule has 0 spiro atoms. The maximum Gasteiger partial charge on any atom is 0.276 e. The van der Waals surface area contributed by atoms with Gasteiger partial charge in [0.2, 0.25) is 5.91 Å². The van der Waals surface area contributed by atoms with E-state index in [0.29, 0.717) is 61.6 Å². The summed E-state index contributed by atoms with van der Waals surface area (Å²) in [6.07, 6.45) is 5.73. The molecule has 0 aliphatic carbocycles. The van der Waals surface area contributed by atoms with Crippen molar-refractivity contribution in [2.45, 2.75) is 39.7 Å². The lowest BCUT2D eigenvalue weighted by atomic mass is 9.98. The minimum absolute atomic E-state index is 0.00279. The van der Waals surface area contributed by atoms with Crippen LogP contribution in [-0.2, 0) is 21.5 Å². The number of nitrogens with zero attached hydrogens (tertiary/aromatic N) is 4. The monoisotopic (exact) mass is 576 g/mol. The van der Waals surface area contributed by atoms with Crippen LogP contribution in [0.2, 0.25) is 0 Å². The van der Waals surface area contributed by atoms with Gasteiger partial charge in [-0.25, -0.2) is 10.1 Å². The Morgan fingerprint density at radius 1 is 1.05 bits per heavy atom. The predicted molar refractivity (Wildman–Crippen MR) is 163 cm³/mol. The minimum Gasteiger partial charge on any atom is -0.387 e. The normalized spacial score (nSPS) is 16.0. The van der Waals surface area contributed by atoms with Crippen LogP contribution in [0.1, 0.15) is 38.7 Å². The second-order valence-electron chi connectivity index (χ2n) is 10.8. The number of amidine groups is 1. The summed E-state index contributed by atoms with van der Waals surface area (Å²) in [5.41, 5.74) is 10.2. The Bertz CT molecular complexity index is 1710. The van der Waals surface area contributed by atoms with Gasteiger partial charge in [0.25, 0.3) is 15.8 Å². The van der Waals surface area contributed by atoms with Crippen molar-refractivity contribution >= 4 is 44.5 Å². The first-order valence-electron chi connectivity index (χ1n) is 14.0. The molecular formula is C30H36N6O4S. The molecule has 1 amide bonds. The fraction of sp³-hybridized carbons (Fsp3) is 0.367. The third-order valence-electron chi connectivity index (χ3n) is 7.59. The Labute approximate surface area is 240 Å². The summed E-state index contributed by atoms with van der Waals surface area (Å²) in [6, 6.07) is 13.5. The molecule has 216 valence electrons. The van der Waals surface area contributed by atoms with Gasteiger partial charge in [0.15, 0.2) is 0 Å². The van der Waals surface area contributed by atoms with Crippen LogP contribution < -0.4 is 16.4 Å². The molecule has 1 saturated heterocycles. The zero-order valence-corrected chi connectivity index (χ0v) is 24.2. The molecule has 0 radical (unpaired) electrons. The first-order valence-corrected chi connectivity index (χ1v) is 15.5. The molecule has 2 aliphatic heterocycles. The number of aliphatic imine (C=N–C) groups is 1. The number of carbonyl (C=O) groups is 1. The highest BCUT2D eigenvalue weighted by Crippen LogP contribution is 2.33. The number of nitrogens with two attached hydrogens (primary N) is 2. The van der Waals surface area contributed by atoms with Gasteiger partial charge >= 0.3 is 0 Å². The molecule has 10 nitrogen and oxygen atoms in total. The number of rotatable bonds is 9. The van der Waals surface area contributed by atoms with E-state index in [4.69, 9.17) is 10.9 Å². The molecule has 5 rings (SSSR count). The van der Waals surface area contributed by atoms with Crippen LogP contribution in [0.5, 0.6) is 0 Å². The Kier molecular flexibility index (Phi) is 8.12. The van der Waals surface area contributed by atoms with E-state index in [2.05, 4.69) is 18.8 Å². The third-order valence-corrected chi connectivity index (χ3v) is 8.61. The van der Waals surface area contributed by atoms with Crippen molar-refractivity contribution in [3.63, 3.8) is 0 Å². The Morgan fingerprint density at radius 2 is 1.73 bits per heavy atom. The largest absolute Gasteiger partial charge is 0.387 e. The molecule has 1 fully saturated rings. The molecule has 2 aromatic carbocycles. The topological polar surface area (TPSA) is 144 Å². The average molecular weight is 577 g/mol. The lowest BCUT2D eigenvalue weighted by Gasteiger charge is -2.36. The lowest BCUT2D eigenvalue weighted by Crippen LogP contribution is -2.54. The number of hydrogen-bond acceptors (Lipinski definition) is 6. The van der Waals surface area contributed by atoms with Crippen molar-refractivity contribution < 1.29 is 13.2 Å². The Balaban J connectivity index is 1.39. The third kappa shape index (κ3) is 6.12. The summed E-state index contributed by atoms with van der Waals surface area (Å²) in [5.74, 6) is 0.440. The molecule has 0 unspecified atom stereocenters. The highest BCUT2D eigenvalue weighted by molar-refractivity contribution is 7.86. The molecule has 4 N–H and O–H groups in total. The van der Waals surface area contributed by atoms with Gasteiger partial charge in [0.1, 0.15) is 5.84 Å². The number of amides is 1. The minimum atomic E-state index is -3.68. The van der Waals surface area contributed by atoms with Crippen LogP contribution in [0.3, 0.4) is 0 Å². The standard InChI is InChI=1S/C30H36N6O4S/c1-3-10-34(11-4-2)29(37)25-14-24-6-5-22(15-27(24)33-28(31)16-25)21-7-8-26-23(13-21)9-12-35(30(26)38)17-20-18-36(19-20)41(32,39)40/h5-9,12-15,20H,3-4,10-11,16-19H2,1-2H3,(H2,31,33)(H2,32,39,40). The highest BCUT2D eigenvalue weighted by atomic mass is 32.2. The van der Waals surface area contributed by atoms with Crippen LogP contribution in [0.25, 0.3) is 28.0 Å². The molecule has 0 saturated carbocycles. The van der Waals surface area contributed by atoms with Gasteiger partial charge in [-0.05, 0) is 59.7 Å². The van der Waals surface area contributed by atoms with Gasteiger partial charge < -0.3 is 15.2 Å². The number of pyridine rings is 1. The van der Waals surface area contributed by atoms with Crippen molar-refractivity contribution in [2.24, 2.45) is 21.8 Å². The molecule has 3 aromatic rings. The SMILES string of the molecule is CCCN(CCC)C(=O)C1=Cc2ccc(-c3ccc4c(=O)n(CC5CN(S(N)(=O)=O)C5)ccc4c3)cc2N=C(N)C1. The Hall–Kier alpha value is -3.80. The number of aromatic nitrogens is 1. The summed E-state index contributed by atoms with van der Waals surface area (Å²) in [5, 5.41) is 6.56. The zero-order chi connectivity index (χ0) is 29.3. The number of carbonyl (C=O) groups excluding carboxylic acids is 1. The van der Waals surface area contributed by atoms with Crippen LogP contribution >= 0.6 is 0 Å². The maximum atomic E-state index is 13.3. The van der Waals surface area contributed by atoms with Crippen LogP contribution in [0.15, 0.2) is 64.0 Å². The van der Waals surface area contributed by atoms with E-state index in [9.17, 15) is 18.0 Å². The molecule has 2 aliphatic rings. The van der Waals surface area contributed by atoms with Crippen molar-refractivity contribution in [1.29, 1.82) is 0 Å². The fourth-order valence-electron chi connectivity index (χ4n) is 5.50. The second-order valence-corrected chi connectivity index (χ2v) is 12.4. The van der Waals surface area contributed by atoms with Gasteiger partial charge in [0.05, 0.1) is 5.69 Å². The van der Waals surface area contributed by atoms with E-state index in [1.807, 2.05) is 53.4 Å².